The Kier molecular flexibility index (Phi) is 4.36. The number of carbonyl (C=O) groups is 1. The average Bonchev–Trinajstić information content (AvgIpc) is 3.15. The lowest BCUT2D eigenvalue weighted by molar-refractivity contribution is -0.0245. The molecule has 0 radical (unpaired) electrons. The summed E-state index contributed by atoms with van der Waals surface area (Å²) in [6.45, 7) is 1.59. The van der Waals surface area contributed by atoms with Crippen LogP contribution in [0.5, 0.6) is 0 Å². The molecule has 1 fully saturated rings. The third-order valence-electron chi connectivity index (χ3n) is 4.97. The molecule has 1 atom stereocenters. The van der Waals surface area contributed by atoms with E-state index in [-0.39, 0.29) is 12.0 Å². The molecule has 0 spiro atoms. The zero-order valence-corrected chi connectivity index (χ0v) is 14.4. The number of carbonyl (C=O) groups excluding carboxylic acids is 1. The number of nitrogens with one attached hydrogen (secondary N) is 1. The van der Waals surface area contributed by atoms with Crippen LogP contribution in [0.2, 0.25) is 0 Å². The molecule has 1 unspecified atom stereocenters. The van der Waals surface area contributed by atoms with Crippen LogP contribution >= 0.6 is 0 Å². The number of aryl methyl sites for hydroxylation is 2. The molecular weight excluding hydrogens is 316 g/mol. The van der Waals surface area contributed by atoms with Crippen molar-refractivity contribution in [1.82, 2.24) is 14.9 Å². The number of amides is 1. The van der Waals surface area contributed by atoms with Crippen LogP contribution in [0.1, 0.15) is 39.7 Å². The maximum atomic E-state index is 12.9. The van der Waals surface area contributed by atoms with E-state index in [2.05, 4.69) is 27.4 Å². The van der Waals surface area contributed by atoms with E-state index in [0.29, 0.717) is 25.5 Å². The molecule has 130 valence electrons. The molecule has 1 saturated heterocycles. The first kappa shape index (κ1) is 16.0. The SMILES string of the molecule is CNc1nccnc1C1CN(C(=O)c2ccc3c(c2)CCC3)CCO1. The predicted octanol–water partition coefficient (Wildman–Crippen LogP) is 2.22. The second-order valence-corrected chi connectivity index (χ2v) is 6.49. The van der Waals surface area contributed by atoms with E-state index in [0.717, 1.165) is 24.1 Å². The highest BCUT2D eigenvalue weighted by Crippen LogP contribution is 2.27. The molecule has 1 N–H and O–H groups in total. The van der Waals surface area contributed by atoms with Crippen LogP contribution < -0.4 is 5.32 Å². The van der Waals surface area contributed by atoms with Gasteiger partial charge in [0, 0.05) is 31.5 Å². The van der Waals surface area contributed by atoms with E-state index in [1.807, 2.05) is 18.0 Å². The minimum Gasteiger partial charge on any atom is -0.372 e. The number of benzene rings is 1. The molecule has 2 aromatic rings. The van der Waals surface area contributed by atoms with Crippen molar-refractivity contribution < 1.29 is 9.53 Å². The van der Waals surface area contributed by atoms with Crippen molar-refractivity contribution in [2.24, 2.45) is 0 Å². The maximum absolute atomic E-state index is 12.9. The number of morpholine rings is 1. The second-order valence-electron chi connectivity index (χ2n) is 6.49. The fraction of sp³-hybridized carbons (Fsp3) is 0.421. The lowest BCUT2D eigenvalue weighted by Gasteiger charge is -2.33. The van der Waals surface area contributed by atoms with Crippen LogP contribution in [0.3, 0.4) is 0 Å². The number of ether oxygens (including phenoxy) is 1. The topological polar surface area (TPSA) is 67.4 Å². The molecule has 1 aromatic heterocycles. The smallest absolute Gasteiger partial charge is 0.254 e. The Morgan fingerprint density at radius 3 is 2.96 bits per heavy atom. The number of nitrogens with zero attached hydrogens (tertiary/aromatic N) is 3. The Bertz CT molecular complexity index is 793. The lowest BCUT2D eigenvalue weighted by atomic mass is 10.0. The summed E-state index contributed by atoms with van der Waals surface area (Å²) >= 11 is 0. The second kappa shape index (κ2) is 6.80. The van der Waals surface area contributed by atoms with E-state index in [1.54, 1.807) is 12.4 Å². The van der Waals surface area contributed by atoms with Gasteiger partial charge < -0.3 is 15.0 Å². The largest absolute Gasteiger partial charge is 0.372 e. The summed E-state index contributed by atoms with van der Waals surface area (Å²) < 4.78 is 5.86. The Labute approximate surface area is 147 Å². The van der Waals surface area contributed by atoms with Crippen molar-refractivity contribution in [1.29, 1.82) is 0 Å². The molecule has 1 amide bonds. The van der Waals surface area contributed by atoms with Gasteiger partial charge in [0.15, 0.2) is 0 Å². The first-order valence-corrected chi connectivity index (χ1v) is 8.77. The summed E-state index contributed by atoms with van der Waals surface area (Å²) in [4.78, 5) is 23.5. The van der Waals surface area contributed by atoms with Gasteiger partial charge in [0.05, 0.1) is 13.2 Å². The number of fused-ring (bicyclic) bond motifs is 1. The molecule has 25 heavy (non-hydrogen) atoms. The lowest BCUT2D eigenvalue weighted by Crippen LogP contribution is -2.42. The quantitative estimate of drug-likeness (QED) is 0.929. The summed E-state index contributed by atoms with van der Waals surface area (Å²) in [7, 11) is 1.81. The Balaban J connectivity index is 1.54. The van der Waals surface area contributed by atoms with Gasteiger partial charge in [-0.05, 0) is 42.5 Å². The molecule has 0 bridgehead atoms. The molecule has 1 aliphatic heterocycles. The van der Waals surface area contributed by atoms with Crippen molar-refractivity contribution in [2.75, 3.05) is 32.1 Å². The van der Waals surface area contributed by atoms with Crippen LogP contribution in [0, 0.1) is 0 Å². The van der Waals surface area contributed by atoms with Crippen LogP contribution in [0.4, 0.5) is 5.82 Å². The molecule has 1 aromatic carbocycles. The van der Waals surface area contributed by atoms with Gasteiger partial charge in [-0.2, -0.15) is 0 Å². The Morgan fingerprint density at radius 1 is 1.24 bits per heavy atom. The van der Waals surface area contributed by atoms with Gasteiger partial charge in [0.2, 0.25) is 0 Å². The minimum absolute atomic E-state index is 0.0675. The van der Waals surface area contributed by atoms with E-state index in [9.17, 15) is 4.79 Å². The van der Waals surface area contributed by atoms with Gasteiger partial charge in [-0.25, -0.2) is 4.98 Å². The van der Waals surface area contributed by atoms with E-state index in [4.69, 9.17) is 4.74 Å². The van der Waals surface area contributed by atoms with Gasteiger partial charge >= 0.3 is 0 Å². The zero-order valence-electron chi connectivity index (χ0n) is 14.4. The molecule has 1 aliphatic carbocycles. The van der Waals surface area contributed by atoms with Crippen LogP contribution in [-0.4, -0.2) is 47.5 Å². The van der Waals surface area contributed by atoms with Crippen LogP contribution in [0.15, 0.2) is 30.6 Å². The fourth-order valence-electron chi connectivity index (χ4n) is 3.66. The summed E-state index contributed by atoms with van der Waals surface area (Å²) in [5, 5.41) is 3.04. The third kappa shape index (κ3) is 3.09. The predicted molar refractivity (Wildman–Crippen MR) is 94.6 cm³/mol. The number of rotatable bonds is 3. The molecule has 6 nitrogen and oxygen atoms in total. The van der Waals surface area contributed by atoms with Crippen molar-refractivity contribution in [3.63, 3.8) is 0 Å². The Morgan fingerprint density at radius 2 is 2.08 bits per heavy atom. The molecule has 4 rings (SSSR count). The van der Waals surface area contributed by atoms with Gasteiger partial charge in [-0.3, -0.25) is 9.78 Å². The molecule has 6 heteroatoms. The third-order valence-corrected chi connectivity index (χ3v) is 4.97. The highest BCUT2D eigenvalue weighted by atomic mass is 16.5. The van der Waals surface area contributed by atoms with E-state index in [1.165, 1.54) is 17.5 Å². The summed E-state index contributed by atoms with van der Waals surface area (Å²) in [6, 6.07) is 6.13. The first-order chi connectivity index (χ1) is 12.3. The molecule has 2 heterocycles. The van der Waals surface area contributed by atoms with Gasteiger partial charge in [0.1, 0.15) is 17.6 Å². The van der Waals surface area contributed by atoms with Crippen LogP contribution in [0.25, 0.3) is 0 Å². The van der Waals surface area contributed by atoms with Crippen molar-refractivity contribution in [2.45, 2.75) is 25.4 Å². The van der Waals surface area contributed by atoms with Crippen LogP contribution in [-0.2, 0) is 17.6 Å². The average molecular weight is 338 g/mol. The monoisotopic (exact) mass is 338 g/mol. The summed E-state index contributed by atoms with van der Waals surface area (Å²) in [6.07, 6.45) is 6.43. The fourth-order valence-corrected chi connectivity index (χ4v) is 3.66. The molecule has 0 saturated carbocycles. The normalized spacial score (nSPS) is 19.6. The highest BCUT2D eigenvalue weighted by molar-refractivity contribution is 5.94. The van der Waals surface area contributed by atoms with E-state index >= 15 is 0 Å². The standard InChI is InChI=1S/C19H22N4O2/c1-20-18-17(21-7-8-22-18)16-12-23(9-10-25-16)19(24)15-6-5-13-3-2-4-14(13)11-15/h5-8,11,16H,2-4,9-10,12H2,1H3,(H,20,22). The summed E-state index contributed by atoms with van der Waals surface area (Å²) in [5.41, 5.74) is 4.22. The van der Waals surface area contributed by atoms with Gasteiger partial charge in [-0.1, -0.05) is 6.07 Å². The van der Waals surface area contributed by atoms with Gasteiger partial charge in [0.25, 0.3) is 5.91 Å². The van der Waals surface area contributed by atoms with Crippen molar-refractivity contribution >= 4 is 11.7 Å². The first-order valence-electron chi connectivity index (χ1n) is 8.77. The summed E-state index contributed by atoms with van der Waals surface area (Å²) in [5.74, 6) is 0.761. The van der Waals surface area contributed by atoms with Gasteiger partial charge in [-0.15, -0.1) is 0 Å². The molecule has 2 aliphatic rings. The molecular formula is C19H22N4O2. The highest BCUT2D eigenvalue weighted by Gasteiger charge is 2.29. The maximum Gasteiger partial charge on any atom is 0.254 e. The number of hydrogen-bond donors (Lipinski definition) is 1. The van der Waals surface area contributed by atoms with Crippen molar-refractivity contribution in [3.8, 4) is 0 Å². The minimum atomic E-state index is -0.261. The van der Waals surface area contributed by atoms with E-state index < -0.39 is 0 Å². The van der Waals surface area contributed by atoms with Crippen molar-refractivity contribution in [3.05, 3.63) is 53.0 Å². The number of hydrogen-bond acceptors (Lipinski definition) is 5. The zero-order chi connectivity index (χ0) is 17.2. The number of anilines is 1. The Hall–Kier alpha value is -2.47. The number of aromatic nitrogens is 2.